The summed E-state index contributed by atoms with van der Waals surface area (Å²) in [6, 6.07) is 0.441. The first-order valence-corrected chi connectivity index (χ1v) is 7.04. The first-order valence-electron chi connectivity index (χ1n) is 7.04. The molecule has 0 amide bonds. The van der Waals surface area contributed by atoms with E-state index in [4.69, 9.17) is 5.84 Å². The molecule has 0 saturated carbocycles. The second kappa shape index (κ2) is 7.28. The number of nitrogens with zero attached hydrogens (tertiary/aromatic N) is 3. The normalized spacial score (nSPS) is 12.6. The minimum absolute atomic E-state index is 0.441. The van der Waals surface area contributed by atoms with Crippen LogP contribution in [0, 0.1) is 5.92 Å². The second-order valence-corrected chi connectivity index (χ2v) is 5.51. The molecule has 0 aromatic carbocycles. The van der Waals surface area contributed by atoms with Crippen molar-refractivity contribution in [2.45, 2.75) is 53.0 Å². The zero-order chi connectivity index (χ0) is 14.4. The Morgan fingerprint density at radius 3 is 2.53 bits per heavy atom. The third-order valence-electron chi connectivity index (χ3n) is 3.37. The van der Waals surface area contributed by atoms with Gasteiger partial charge in [0.15, 0.2) is 0 Å². The fourth-order valence-electron chi connectivity index (χ4n) is 2.36. The Kier molecular flexibility index (Phi) is 6.02. The van der Waals surface area contributed by atoms with Gasteiger partial charge in [-0.05, 0) is 25.7 Å². The highest BCUT2D eigenvalue weighted by atomic mass is 15.3. The van der Waals surface area contributed by atoms with E-state index in [1.54, 1.807) is 6.33 Å². The van der Waals surface area contributed by atoms with Gasteiger partial charge in [-0.3, -0.25) is 0 Å². The Balaban J connectivity index is 3.03. The van der Waals surface area contributed by atoms with Crippen LogP contribution in [0.2, 0.25) is 0 Å². The molecule has 0 aliphatic heterocycles. The van der Waals surface area contributed by atoms with Gasteiger partial charge in [0, 0.05) is 18.7 Å². The van der Waals surface area contributed by atoms with Gasteiger partial charge in [0.25, 0.3) is 0 Å². The maximum atomic E-state index is 5.55. The highest BCUT2D eigenvalue weighted by Crippen LogP contribution is 2.26. The summed E-state index contributed by atoms with van der Waals surface area (Å²) < 4.78 is 0. The maximum absolute atomic E-state index is 5.55. The van der Waals surface area contributed by atoms with Crippen LogP contribution in [0.15, 0.2) is 6.33 Å². The van der Waals surface area contributed by atoms with Crippen LogP contribution in [0.1, 0.15) is 46.1 Å². The molecule has 1 rings (SSSR count). The molecule has 0 aliphatic carbocycles. The maximum Gasteiger partial charge on any atom is 0.148 e. The number of nitrogens with one attached hydrogen (secondary N) is 1. The average Bonchev–Trinajstić information content (AvgIpc) is 2.37. The number of hydrazine groups is 1. The van der Waals surface area contributed by atoms with Crippen molar-refractivity contribution in [3.05, 3.63) is 11.9 Å². The molecule has 5 heteroatoms. The van der Waals surface area contributed by atoms with Gasteiger partial charge in [0.1, 0.15) is 18.0 Å². The van der Waals surface area contributed by atoms with E-state index in [1.807, 2.05) is 0 Å². The molecule has 19 heavy (non-hydrogen) atoms. The lowest BCUT2D eigenvalue weighted by atomic mass is 10.0. The SMILES string of the molecule is CCCc1c(NN)ncnc1N(C)C(C)CC(C)C. The summed E-state index contributed by atoms with van der Waals surface area (Å²) >= 11 is 0. The van der Waals surface area contributed by atoms with Gasteiger partial charge in [-0.15, -0.1) is 0 Å². The van der Waals surface area contributed by atoms with Crippen LogP contribution >= 0.6 is 0 Å². The smallest absolute Gasteiger partial charge is 0.148 e. The van der Waals surface area contributed by atoms with Crippen molar-refractivity contribution < 1.29 is 0 Å². The van der Waals surface area contributed by atoms with Crippen molar-refractivity contribution in [2.24, 2.45) is 11.8 Å². The van der Waals surface area contributed by atoms with Gasteiger partial charge in [0.05, 0.1) is 0 Å². The number of nitrogen functional groups attached to an aromatic ring is 1. The molecule has 0 aliphatic rings. The molecular formula is C14H27N5. The minimum Gasteiger partial charge on any atom is -0.357 e. The molecule has 3 N–H and O–H groups in total. The summed E-state index contributed by atoms with van der Waals surface area (Å²) in [5, 5.41) is 0. The Labute approximate surface area is 116 Å². The number of rotatable bonds is 7. The Morgan fingerprint density at radius 1 is 1.32 bits per heavy atom. The van der Waals surface area contributed by atoms with Gasteiger partial charge in [-0.2, -0.15) is 0 Å². The van der Waals surface area contributed by atoms with Gasteiger partial charge < -0.3 is 10.3 Å². The lowest BCUT2D eigenvalue weighted by Gasteiger charge is -2.29. The van der Waals surface area contributed by atoms with E-state index in [2.05, 4.69) is 55.0 Å². The van der Waals surface area contributed by atoms with Gasteiger partial charge in [-0.25, -0.2) is 15.8 Å². The lowest BCUT2D eigenvalue weighted by Crippen LogP contribution is -2.32. The van der Waals surface area contributed by atoms with Crippen molar-refractivity contribution >= 4 is 11.6 Å². The topological polar surface area (TPSA) is 67.1 Å². The predicted molar refractivity (Wildman–Crippen MR) is 81.2 cm³/mol. The number of hydrogen-bond acceptors (Lipinski definition) is 5. The lowest BCUT2D eigenvalue weighted by molar-refractivity contribution is 0.501. The predicted octanol–water partition coefficient (Wildman–Crippen LogP) is 2.59. The number of anilines is 2. The van der Waals surface area contributed by atoms with Gasteiger partial charge in [-0.1, -0.05) is 27.2 Å². The third-order valence-corrected chi connectivity index (χ3v) is 3.37. The van der Waals surface area contributed by atoms with Crippen LogP contribution in [0.3, 0.4) is 0 Å². The number of nitrogens with two attached hydrogens (primary N) is 1. The third kappa shape index (κ3) is 4.06. The van der Waals surface area contributed by atoms with E-state index in [9.17, 15) is 0 Å². The van der Waals surface area contributed by atoms with Crippen molar-refractivity contribution in [1.82, 2.24) is 9.97 Å². The van der Waals surface area contributed by atoms with Crippen molar-refractivity contribution in [1.29, 1.82) is 0 Å². The molecule has 1 aromatic rings. The van der Waals surface area contributed by atoms with Crippen LogP contribution < -0.4 is 16.2 Å². The molecule has 0 spiro atoms. The van der Waals surface area contributed by atoms with Gasteiger partial charge in [0.2, 0.25) is 0 Å². The summed E-state index contributed by atoms with van der Waals surface area (Å²) in [7, 11) is 2.09. The number of hydrogen-bond donors (Lipinski definition) is 2. The fraction of sp³-hybridized carbons (Fsp3) is 0.714. The van der Waals surface area contributed by atoms with Crippen LogP contribution in [-0.2, 0) is 6.42 Å². The van der Waals surface area contributed by atoms with E-state index < -0.39 is 0 Å². The van der Waals surface area contributed by atoms with Crippen LogP contribution in [0.4, 0.5) is 11.6 Å². The van der Waals surface area contributed by atoms with Crippen molar-refractivity contribution in [3.63, 3.8) is 0 Å². The molecule has 0 saturated heterocycles. The Morgan fingerprint density at radius 2 is 2.00 bits per heavy atom. The van der Waals surface area contributed by atoms with Crippen LogP contribution in [0.25, 0.3) is 0 Å². The van der Waals surface area contributed by atoms with E-state index in [1.165, 1.54) is 0 Å². The van der Waals surface area contributed by atoms with Crippen LogP contribution in [0.5, 0.6) is 0 Å². The molecule has 0 fully saturated rings. The largest absolute Gasteiger partial charge is 0.357 e. The highest BCUT2D eigenvalue weighted by molar-refractivity contribution is 5.58. The van der Waals surface area contributed by atoms with Crippen LogP contribution in [-0.4, -0.2) is 23.1 Å². The molecule has 0 radical (unpaired) electrons. The molecule has 108 valence electrons. The van der Waals surface area contributed by atoms with E-state index >= 15 is 0 Å². The zero-order valence-electron chi connectivity index (χ0n) is 12.8. The van der Waals surface area contributed by atoms with E-state index in [0.29, 0.717) is 12.0 Å². The molecule has 1 atom stereocenters. The molecule has 0 bridgehead atoms. The molecule has 1 heterocycles. The molecule has 1 aromatic heterocycles. The van der Waals surface area contributed by atoms with Gasteiger partial charge >= 0.3 is 0 Å². The summed E-state index contributed by atoms with van der Waals surface area (Å²) in [4.78, 5) is 10.9. The molecular weight excluding hydrogens is 238 g/mol. The first-order chi connectivity index (χ1) is 9.01. The first kappa shape index (κ1) is 15.7. The summed E-state index contributed by atoms with van der Waals surface area (Å²) in [5.74, 6) is 7.93. The molecule has 1 unspecified atom stereocenters. The second-order valence-electron chi connectivity index (χ2n) is 5.51. The zero-order valence-corrected chi connectivity index (χ0v) is 12.8. The van der Waals surface area contributed by atoms with Crippen molar-refractivity contribution in [2.75, 3.05) is 17.4 Å². The summed E-state index contributed by atoms with van der Waals surface area (Å²) in [5.41, 5.74) is 3.78. The fourth-order valence-corrected chi connectivity index (χ4v) is 2.36. The minimum atomic E-state index is 0.441. The van der Waals surface area contributed by atoms with E-state index in [0.717, 1.165) is 36.5 Å². The number of aromatic nitrogens is 2. The Hall–Kier alpha value is -1.36. The average molecular weight is 265 g/mol. The Bertz CT molecular complexity index is 391. The quantitative estimate of drug-likeness (QED) is 0.586. The monoisotopic (exact) mass is 265 g/mol. The molecule has 5 nitrogen and oxygen atoms in total. The highest BCUT2D eigenvalue weighted by Gasteiger charge is 2.18. The van der Waals surface area contributed by atoms with Crippen molar-refractivity contribution in [3.8, 4) is 0 Å². The standard InChI is InChI=1S/C14H27N5/c1-6-7-12-13(18-15)16-9-17-14(12)19(5)11(4)8-10(2)3/h9-11H,6-8,15H2,1-5H3,(H,16,17,18). The summed E-state index contributed by atoms with van der Waals surface area (Å²) in [6.45, 7) is 8.86. The summed E-state index contributed by atoms with van der Waals surface area (Å²) in [6.07, 6.45) is 4.68. The van der Waals surface area contributed by atoms with E-state index in [-0.39, 0.29) is 0 Å².